The molecule has 0 aliphatic heterocycles. The number of nitro groups is 1. The molecule has 0 aliphatic carbocycles. The van der Waals surface area contributed by atoms with E-state index in [1.807, 2.05) is 13.8 Å². The van der Waals surface area contributed by atoms with Crippen LogP contribution < -0.4 is 4.74 Å². The minimum atomic E-state index is -0.541. The molecule has 0 heterocycles. The number of benzene rings is 1. The van der Waals surface area contributed by atoms with E-state index in [1.54, 1.807) is 6.07 Å². The number of ether oxygens (including phenoxy) is 1. The van der Waals surface area contributed by atoms with E-state index in [9.17, 15) is 10.1 Å². The number of nitrogens with zero attached hydrogens (tertiary/aromatic N) is 1. The second-order valence-corrected chi connectivity index (χ2v) is 4.39. The third-order valence-corrected chi connectivity index (χ3v) is 2.80. The first-order valence-corrected chi connectivity index (χ1v) is 5.39. The van der Waals surface area contributed by atoms with Gasteiger partial charge in [-0.3, -0.25) is 10.1 Å². The van der Waals surface area contributed by atoms with Crippen LogP contribution in [0.15, 0.2) is 16.6 Å². The lowest BCUT2D eigenvalue weighted by Gasteiger charge is -2.10. The number of hydrogen-bond donors (Lipinski definition) is 0. The molecule has 0 saturated carbocycles. The van der Waals surface area contributed by atoms with Crippen LogP contribution in [0.2, 0.25) is 5.02 Å². The van der Waals surface area contributed by atoms with Crippen LogP contribution in [0.3, 0.4) is 0 Å². The molecule has 0 amide bonds. The Morgan fingerprint density at radius 2 is 2.13 bits per heavy atom. The summed E-state index contributed by atoms with van der Waals surface area (Å²) in [5.74, 6) is 0.424. The number of rotatable bonds is 3. The van der Waals surface area contributed by atoms with Gasteiger partial charge in [-0.2, -0.15) is 0 Å². The van der Waals surface area contributed by atoms with E-state index in [4.69, 9.17) is 16.3 Å². The lowest BCUT2D eigenvalue weighted by atomic mass is 10.3. The largest absolute Gasteiger partial charge is 0.491 e. The van der Waals surface area contributed by atoms with Crippen molar-refractivity contribution in [3.05, 3.63) is 31.7 Å². The second-order valence-electron chi connectivity index (χ2n) is 3.16. The van der Waals surface area contributed by atoms with Crippen LogP contribution in [-0.2, 0) is 0 Å². The fourth-order valence-corrected chi connectivity index (χ4v) is 1.63. The van der Waals surface area contributed by atoms with E-state index in [0.29, 0.717) is 10.2 Å². The monoisotopic (exact) mass is 293 g/mol. The standard InChI is InChI=1S/C9H9BrClNO3/c1-5(2)15-6-3-7(10)9(11)8(4-6)12(13)14/h3-5H,1-2H3. The van der Waals surface area contributed by atoms with Crippen molar-refractivity contribution in [3.63, 3.8) is 0 Å². The van der Waals surface area contributed by atoms with Gasteiger partial charge in [-0.1, -0.05) is 11.6 Å². The van der Waals surface area contributed by atoms with Gasteiger partial charge in [0, 0.05) is 4.47 Å². The minimum Gasteiger partial charge on any atom is -0.491 e. The zero-order valence-corrected chi connectivity index (χ0v) is 10.5. The fraction of sp³-hybridized carbons (Fsp3) is 0.333. The summed E-state index contributed by atoms with van der Waals surface area (Å²) in [5.41, 5.74) is -0.165. The first-order chi connectivity index (χ1) is 6.91. The summed E-state index contributed by atoms with van der Waals surface area (Å²) in [4.78, 5) is 10.1. The number of hydrogen-bond acceptors (Lipinski definition) is 3. The van der Waals surface area contributed by atoms with E-state index >= 15 is 0 Å². The molecular weight excluding hydrogens is 285 g/mol. The second kappa shape index (κ2) is 4.81. The summed E-state index contributed by atoms with van der Waals surface area (Å²) in [5, 5.41) is 10.7. The van der Waals surface area contributed by atoms with Crippen molar-refractivity contribution in [3.8, 4) is 5.75 Å². The lowest BCUT2D eigenvalue weighted by molar-refractivity contribution is -0.384. The van der Waals surface area contributed by atoms with Crippen molar-refractivity contribution in [2.75, 3.05) is 0 Å². The van der Waals surface area contributed by atoms with Crippen LogP contribution in [0.1, 0.15) is 13.8 Å². The van der Waals surface area contributed by atoms with Crippen molar-refractivity contribution < 1.29 is 9.66 Å². The average molecular weight is 295 g/mol. The van der Waals surface area contributed by atoms with Crippen molar-refractivity contribution in [2.45, 2.75) is 20.0 Å². The Morgan fingerprint density at radius 3 is 2.60 bits per heavy atom. The van der Waals surface area contributed by atoms with Gasteiger partial charge in [0.05, 0.1) is 17.1 Å². The van der Waals surface area contributed by atoms with Crippen molar-refractivity contribution in [1.82, 2.24) is 0 Å². The van der Waals surface area contributed by atoms with Crippen molar-refractivity contribution in [2.24, 2.45) is 0 Å². The molecule has 0 aromatic heterocycles. The molecule has 1 aromatic carbocycles. The molecule has 0 saturated heterocycles. The molecule has 0 fully saturated rings. The summed E-state index contributed by atoms with van der Waals surface area (Å²) in [6, 6.07) is 2.92. The highest BCUT2D eigenvalue weighted by Gasteiger charge is 2.17. The molecule has 1 aromatic rings. The summed E-state index contributed by atoms with van der Waals surface area (Å²) < 4.78 is 5.80. The average Bonchev–Trinajstić information content (AvgIpc) is 2.09. The van der Waals surface area contributed by atoms with Crippen LogP contribution in [0.4, 0.5) is 5.69 Å². The van der Waals surface area contributed by atoms with Gasteiger partial charge in [-0.15, -0.1) is 0 Å². The molecule has 0 spiro atoms. The first kappa shape index (κ1) is 12.3. The third-order valence-electron chi connectivity index (χ3n) is 1.55. The molecular formula is C9H9BrClNO3. The highest BCUT2D eigenvalue weighted by atomic mass is 79.9. The summed E-state index contributed by atoms with van der Waals surface area (Å²) in [6.45, 7) is 3.68. The molecule has 0 aliphatic rings. The van der Waals surface area contributed by atoms with E-state index in [0.717, 1.165) is 0 Å². The molecule has 0 radical (unpaired) electrons. The topological polar surface area (TPSA) is 52.4 Å². The van der Waals surface area contributed by atoms with Gasteiger partial charge in [0.1, 0.15) is 10.8 Å². The molecule has 0 bridgehead atoms. The predicted molar refractivity (Wildman–Crippen MR) is 61.6 cm³/mol. The first-order valence-electron chi connectivity index (χ1n) is 4.22. The van der Waals surface area contributed by atoms with Crippen molar-refractivity contribution >= 4 is 33.2 Å². The van der Waals surface area contributed by atoms with Crippen LogP contribution >= 0.6 is 27.5 Å². The smallest absolute Gasteiger partial charge is 0.292 e. The van der Waals surface area contributed by atoms with Gasteiger partial charge in [0.25, 0.3) is 5.69 Å². The molecule has 0 atom stereocenters. The third kappa shape index (κ3) is 3.07. The Labute approximate surface area is 100 Å². The highest BCUT2D eigenvalue weighted by Crippen LogP contribution is 2.36. The molecule has 0 N–H and O–H groups in total. The lowest BCUT2D eigenvalue weighted by Crippen LogP contribution is -2.06. The molecule has 6 heteroatoms. The summed E-state index contributed by atoms with van der Waals surface area (Å²) in [6.07, 6.45) is -0.0438. The Hall–Kier alpha value is -0.810. The van der Waals surface area contributed by atoms with Gasteiger partial charge in [-0.25, -0.2) is 0 Å². The maximum Gasteiger partial charge on any atom is 0.292 e. The van der Waals surface area contributed by atoms with Gasteiger partial charge in [0.2, 0.25) is 0 Å². The molecule has 1 rings (SSSR count). The van der Waals surface area contributed by atoms with Gasteiger partial charge in [0.15, 0.2) is 0 Å². The quantitative estimate of drug-likeness (QED) is 0.629. The summed E-state index contributed by atoms with van der Waals surface area (Å²) in [7, 11) is 0. The van der Waals surface area contributed by atoms with Crippen LogP contribution in [0, 0.1) is 10.1 Å². The van der Waals surface area contributed by atoms with E-state index in [2.05, 4.69) is 15.9 Å². The van der Waals surface area contributed by atoms with Crippen LogP contribution in [-0.4, -0.2) is 11.0 Å². The Morgan fingerprint density at radius 1 is 1.53 bits per heavy atom. The molecule has 0 unspecified atom stereocenters. The highest BCUT2D eigenvalue weighted by molar-refractivity contribution is 9.10. The molecule has 82 valence electrons. The molecule has 4 nitrogen and oxygen atoms in total. The maximum atomic E-state index is 10.7. The predicted octanol–water partition coefficient (Wildman–Crippen LogP) is 3.80. The van der Waals surface area contributed by atoms with Crippen LogP contribution in [0.25, 0.3) is 0 Å². The fourth-order valence-electron chi connectivity index (χ4n) is 1.02. The number of nitro benzene ring substituents is 1. The minimum absolute atomic E-state index is 0.0438. The Kier molecular flexibility index (Phi) is 3.93. The van der Waals surface area contributed by atoms with E-state index in [-0.39, 0.29) is 16.8 Å². The molecule has 15 heavy (non-hydrogen) atoms. The Balaban J connectivity index is 3.17. The van der Waals surface area contributed by atoms with E-state index in [1.165, 1.54) is 6.07 Å². The zero-order chi connectivity index (χ0) is 11.6. The van der Waals surface area contributed by atoms with Gasteiger partial charge >= 0.3 is 0 Å². The van der Waals surface area contributed by atoms with Crippen molar-refractivity contribution in [1.29, 1.82) is 0 Å². The normalized spacial score (nSPS) is 10.5. The van der Waals surface area contributed by atoms with E-state index < -0.39 is 4.92 Å². The summed E-state index contributed by atoms with van der Waals surface area (Å²) >= 11 is 8.89. The SMILES string of the molecule is CC(C)Oc1cc(Br)c(Cl)c([N+](=O)[O-])c1. The number of halogens is 2. The Bertz CT molecular complexity index is 395. The van der Waals surface area contributed by atoms with Gasteiger partial charge in [-0.05, 0) is 35.8 Å². The zero-order valence-electron chi connectivity index (χ0n) is 8.16. The van der Waals surface area contributed by atoms with Crippen LogP contribution in [0.5, 0.6) is 5.75 Å². The van der Waals surface area contributed by atoms with Gasteiger partial charge < -0.3 is 4.74 Å². The maximum absolute atomic E-state index is 10.7.